The largest absolute Gasteiger partial charge is 0.488 e. The molecule has 1 fully saturated rings. The first-order chi connectivity index (χ1) is 13.2. The second-order valence-corrected chi connectivity index (χ2v) is 9.22. The molecule has 2 unspecified atom stereocenters. The zero-order valence-corrected chi connectivity index (χ0v) is 17.3. The van der Waals surface area contributed by atoms with E-state index in [0.29, 0.717) is 0 Å². The number of non-ortho nitro benzene ring substituents is 1. The van der Waals surface area contributed by atoms with E-state index in [1.165, 1.54) is 4.90 Å². The molecule has 1 heterocycles. The number of nitro benzene ring substituents is 1. The Hall–Kier alpha value is -2.47. The highest BCUT2D eigenvalue weighted by Crippen LogP contribution is 2.29. The maximum Gasteiger partial charge on any atom is 0.410 e. The van der Waals surface area contributed by atoms with Gasteiger partial charge in [-0.25, -0.2) is 9.18 Å². The maximum absolute atomic E-state index is 13.7. The molecule has 1 amide bonds. The first kappa shape index (κ1) is 22.8. The summed E-state index contributed by atoms with van der Waals surface area (Å²) in [5.41, 5.74) is -1.27. The quantitative estimate of drug-likeness (QED) is 0.380. The number of hydrogen-bond donors (Lipinski definition) is 0. The lowest BCUT2D eigenvalue weighted by atomic mass is 10.1. The summed E-state index contributed by atoms with van der Waals surface area (Å²) in [6.07, 6.45) is -0.339. The summed E-state index contributed by atoms with van der Waals surface area (Å²) in [6.45, 7) is 4.82. The van der Waals surface area contributed by atoms with E-state index >= 15 is 0 Å². The third kappa shape index (κ3) is 6.82. The van der Waals surface area contributed by atoms with Crippen molar-refractivity contribution < 1.29 is 36.2 Å². The molecule has 10 nitrogen and oxygen atoms in total. The highest BCUT2D eigenvalue weighted by atomic mass is 32.2. The highest BCUT2D eigenvalue weighted by Gasteiger charge is 2.41. The van der Waals surface area contributed by atoms with Gasteiger partial charge in [0.1, 0.15) is 23.3 Å². The Morgan fingerprint density at radius 3 is 2.55 bits per heavy atom. The molecule has 0 spiro atoms. The number of rotatable bonds is 6. The lowest BCUT2D eigenvalue weighted by Crippen LogP contribution is -2.46. The van der Waals surface area contributed by atoms with E-state index in [9.17, 15) is 27.7 Å². The van der Waals surface area contributed by atoms with Crippen molar-refractivity contribution in [2.45, 2.75) is 44.9 Å². The minimum atomic E-state index is -3.80. The van der Waals surface area contributed by atoms with Gasteiger partial charge in [-0.15, -0.1) is 0 Å². The van der Waals surface area contributed by atoms with Gasteiger partial charge < -0.3 is 9.47 Å². The van der Waals surface area contributed by atoms with Gasteiger partial charge in [0, 0.05) is 19.0 Å². The van der Waals surface area contributed by atoms with Crippen LogP contribution in [0.2, 0.25) is 0 Å². The topological polar surface area (TPSA) is 125 Å². The summed E-state index contributed by atoms with van der Waals surface area (Å²) in [5.74, 6) is -0.975. The van der Waals surface area contributed by atoms with E-state index < -0.39 is 57.0 Å². The van der Waals surface area contributed by atoms with Gasteiger partial charge in [-0.1, -0.05) is 0 Å². The van der Waals surface area contributed by atoms with Crippen molar-refractivity contribution in [1.29, 1.82) is 0 Å². The second-order valence-electron chi connectivity index (χ2n) is 7.58. The van der Waals surface area contributed by atoms with Crippen LogP contribution in [0.4, 0.5) is 14.9 Å². The van der Waals surface area contributed by atoms with Crippen LogP contribution in [0.3, 0.4) is 0 Å². The molecular weight excluding hydrogens is 411 g/mol. The zero-order chi connectivity index (χ0) is 22.0. The summed E-state index contributed by atoms with van der Waals surface area (Å²) in [5, 5.41) is 10.9. The minimum absolute atomic E-state index is 0.114. The molecule has 2 rings (SSSR count). The van der Waals surface area contributed by atoms with Crippen LogP contribution in [-0.4, -0.2) is 61.5 Å². The maximum atomic E-state index is 13.7. The van der Waals surface area contributed by atoms with Crippen LogP contribution in [0.5, 0.6) is 5.75 Å². The molecule has 162 valence electrons. The number of ether oxygens (including phenoxy) is 2. The van der Waals surface area contributed by atoms with Crippen LogP contribution in [0.15, 0.2) is 18.2 Å². The van der Waals surface area contributed by atoms with Gasteiger partial charge >= 0.3 is 6.09 Å². The predicted molar refractivity (Wildman–Crippen MR) is 99.6 cm³/mol. The summed E-state index contributed by atoms with van der Waals surface area (Å²) in [7, 11) is -3.80. The average molecular weight is 434 g/mol. The van der Waals surface area contributed by atoms with Crippen molar-refractivity contribution in [2.24, 2.45) is 0 Å². The van der Waals surface area contributed by atoms with Crippen molar-refractivity contribution in [3.05, 3.63) is 34.1 Å². The number of nitrogens with zero attached hydrogens (tertiary/aromatic N) is 2. The molecule has 1 aliphatic rings. The van der Waals surface area contributed by atoms with Crippen molar-refractivity contribution in [1.82, 2.24) is 4.90 Å². The van der Waals surface area contributed by atoms with Gasteiger partial charge in [0.15, 0.2) is 0 Å². The predicted octanol–water partition coefficient (Wildman–Crippen LogP) is 2.47. The Morgan fingerprint density at radius 2 is 2.00 bits per heavy atom. The van der Waals surface area contributed by atoms with Gasteiger partial charge in [-0.2, -0.15) is 8.42 Å². The van der Waals surface area contributed by atoms with Crippen LogP contribution in [0, 0.1) is 15.9 Å². The summed E-state index contributed by atoms with van der Waals surface area (Å²) in [4.78, 5) is 23.9. The van der Waals surface area contributed by atoms with E-state index in [4.69, 9.17) is 13.7 Å². The fourth-order valence-corrected chi connectivity index (χ4v) is 3.18. The van der Waals surface area contributed by atoms with Crippen molar-refractivity contribution in [2.75, 3.05) is 19.4 Å². The van der Waals surface area contributed by atoms with Crippen molar-refractivity contribution in [3.8, 4) is 5.75 Å². The van der Waals surface area contributed by atoms with E-state index in [-0.39, 0.29) is 18.7 Å². The van der Waals surface area contributed by atoms with Crippen LogP contribution in [0.1, 0.15) is 27.2 Å². The molecule has 0 aliphatic carbocycles. The van der Waals surface area contributed by atoms with Crippen LogP contribution < -0.4 is 4.74 Å². The second kappa shape index (κ2) is 8.49. The Kier molecular flexibility index (Phi) is 6.68. The molecular formula is C17H23FN2O8S. The minimum Gasteiger partial charge on any atom is -0.488 e. The smallest absolute Gasteiger partial charge is 0.410 e. The summed E-state index contributed by atoms with van der Waals surface area (Å²) >= 11 is 0. The zero-order valence-electron chi connectivity index (χ0n) is 16.5. The highest BCUT2D eigenvalue weighted by molar-refractivity contribution is 7.85. The van der Waals surface area contributed by atoms with Crippen molar-refractivity contribution >= 4 is 21.9 Å². The average Bonchev–Trinajstić information content (AvgIpc) is 2.92. The third-order valence-electron chi connectivity index (χ3n) is 3.92. The summed E-state index contributed by atoms with van der Waals surface area (Å²) in [6, 6.07) is 1.91. The molecule has 29 heavy (non-hydrogen) atoms. The fraction of sp³-hybridized carbons (Fsp3) is 0.588. The molecule has 1 aliphatic heterocycles. The standard InChI is InChI=1S/C17H23FN2O8S/c1-17(2,3)28-16(21)19-6-5-15(14(19)10-26-29(4,24)25)27-13-8-11(18)7-12(9-13)20(22)23/h7-9,14-15H,5-6,10H2,1-4H3. The molecule has 2 atom stereocenters. The molecule has 12 heteroatoms. The number of amides is 1. The van der Waals surface area contributed by atoms with Crippen LogP contribution >= 0.6 is 0 Å². The Morgan fingerprint density at radius 1 is 1.34 bits per heavy atom. The molecule has 0 bridgehead atoms. The van der Waals surface area contributed by atoms with Gasteiger partial charge in [-0.3, -0.25) is 19.2 Å². The molecule has 1 aromatic rings. The van der Waals surface area contributed by atoms with Crippen molar-refractivity contribution in [3.63, 3.8) is 0 Å². The van der Waals surface area contributed by atoms with E-state index in [0.717, 1.165) is 24.5 Å². The Balaban J connectivity index is 2.25. The van der Waals surface area contributed by atoms with E-state index in [1.54, 1.807) is 20.8 Å². The number of hydrogen-bond acceptors (Lipinski definition) is 8. The molecule has 0 N–H and O–H groups in total. The molecule has 1 aromatic carbocycles. The SMILES string of the molecule is CC(C)(C)OC(=O)N1CCC(Oc2cc(F)cc([N+](=O)[O-])c2)C1COS(C)(=O)=O. The normalized spacial score (nSPS) is 19.8. The van der Waals surface area contributed by atoms with Gasteiger partial charge in [0.2, 0.25) is 0 Å². The first-order valence-electron chi connectivity index (χ1n) is 8.71. The molecule has 0 saturated carbocycles. The third-order valence-corrected chi connectivity index (χ3v) is 4.48. The van der Waals surface area contributed by atoms with E-state index in [1.807, 2.05) is 0 Å². The number of halogens is 1. The number of nitro groups is 1. The van der Waals surface area contributed by atoms with Gasteiger partial charge in [0.25, 0.3) is 15.8 Å². The lowest BCUT2D eigenvalue weighted by Gasteiger charge is -2.30. The lowest BCUT2D eigenvalue weighted by molar-refractivity contribution is -0.385. The number of likely N-dealkylation sites (tertiary alicyclic amines) is 1. The molecule has 1 saturated heterocycles. The number of benzene rings is 1. The number of carbonyl (C=O) groups excluding carboxylic acids is 1. The van der Waals surface area contributed by atoms with Gasteiger partial charge in [0.05, 0.1) is 36.0 Å². The Bertz CT molecular complexity index is 884. The Labute approximate surface area is 167 Å². The number of carbonyl (C=O) groups is 1. The monoisotopic (exact) mass is 434 g/mol. The first-order valence-corrected chi connectivity index (χ1v) is 10.5. The van der Waals surface area contributed by atoms with Gasteiger partial charge in [-0.05, 0) is 20.8 Å². The molecule has 0 aromatic heterocycles. The van der Waals surface area contributed by atoms with E-state index in [2.05, 4.69) is 0 Å². The summed E-state index contributed by atoms with van der Waals surface area (Å²) < 4.78 is 52.3. The van der Waals surface area contributed by atoms with Crippen LogP contribution in [0.25, 0.3) is 0 Å². The molecule has 0 radical (unpaired) electrons. The van der Waals surface area contributed by atoms with Crippen LogP contribution in [-0.2, 0) is 19.0 Å². The fourth-order valence-electron chi connectivity index (χ4n) is 2.80.